The molecule has 0 fully saturated rings. The Morgan fingerprint density at radius 3 is 2.78 bits per heavy atom. The number of hydrogen-bond donors (Lipinski definition) is 2. The van der Waals surface area contributed by atoms with E-state index in [9.17, 15) is 9.59 Å². The van der Waals surface area contributed by atoms with Gasteiger partial charge in [-0.15, -0.1) is 0 Å². The van der Waals surface area contributed by atoms with Gasteiger partial charge in [0, 0.05) is 5.69 Å². The summed E-state index contributed by atoms with van der Waals surface area (Å²) in [6, 6.07) is 10.6. The summed E-state index contributed by atoms with van der Waals surface area (Å²) in [5, 5.41) is 2.78. The van der Waals surface area contributed by atoms with E-state index in [1.54, 1.807) is 12.1 Å². The second-order valence-corrected chi connectivity index (χ2v) is 5.24. The molecule has 6 heteroatoms. The maximum atomic E-state index is 12.4. The summed E-state index contributed by atoms with van der Waals surface area (Å²) in [6.07, 6.45) is 1.49. The first-order valence-electron chi connectivity index (χ1n) is 7.07. The molecule has 0 bridgehead atoms. The van der Waals surface area contributed by atoms with Gasteiger partial charge in [0.25, 0.3) is 5.91 Å². The topological polar surface area (TPSA) is 88.0 Å². The Morgan fingerprint density at radius 2 is 2.04 bits per heavy atom. The Morgan fingerprint density at radius 1 is 1.22 bits per heavy atom. The smallest absolute Gasteiger partial charge is 0.346 e. The van der Waals surface area contributed by atoms with Gasteiger partial charge in [-0.05, 0) is 49.2 Å². The van der Waals surface area contributed by atoms with Crippen LogP contribution in [-0.4, -0.2) is 15.9 Å². The van der Waals surface area contributed by atoms with E-state index in [0.717, 1.165) is 11.1 Å². The predicted molar refractivity (Wildman–Crippen MR) is 86.4 cm³/mol. The van der Waals surface area contributed by atoms with Crippen LogP contribution in [-0.2, 0) is 0 Å². The number of anilines is 1. The third-order valence-corrected chi connectivity index (χ3v) is 3.41. The number of carbonyl (C=O) groups is 1. The van der Waals surface area contributed by atoms with Gasteiger partial charge < -0.3 is 14.7 Å². The van der Waals surface area contributed by atoms with Gasteiger partial charge >= 0.3 is 5.69 Å². The molecule has 0 unspecified atom stereocenters. The SMILES string of the molecule is Cc1ccc(C)c(NC(=O)c2cc(-c3ccco3)[nH]c(=O)n2)c1. The van der Waals surface area contributed by atoms with Crippen molar-refractivity contribution in [2.75, 3.05) is 5.32 Å². The number of nitrogens with one attached hydrogen (secondary N) is 2. The van der Waals surface area contributed by atoms with Crippen LogP contribution in [0.15, 0.2) is 51.9 Å². The summed E-state index contributed by atoms with van der Waals surface area (Å²) in [5.74, 6) is 0.0166. The van der Waals surface area contributed by atoms with E-state index in [1.807, 2.05) is 32.0 Å². The monoisotopic (exact) mass is 309 g/mol. The van der Waals surface area contributed by atoms with Gasteiger partial charge in [0.1, 0.15) is 11.5 Å². The second-order valence-electron chi connectivity index (χ2n) is 5.24. The molecule has 2 heterocycles. The summed E-state index contributed by atoms with van der Waals surface area (Å²) < 4.78 is 5.23. The van der Waals surface area contributed by atoms with Gasteiger partial charge in [0.15, 0.2) is 0 Å². The number of H-pyrrole nitrogens is 1. The van der Waals surface area contributed by atoms with Gasteiger partial charge in [-0.3, -0.25) is 4.79 Å². The van der Waals surface area contributed by atoms with Crippen molar-refractivity contribution in [3.63, 3.8) is 0 Å². The van der Waals surface area contributed by atoms with E-state index in [1.165, 1.54) is 12.3 Å². The highest BCUT2D eigenvalue weighted by Gasteiger charge is 2.13. The quantitative estimate of drug-likeness (QED) is 0.778. The number of aromatic amines is 1. The van der Waals surface area contributed by atoms with Crippen LogP contribution in [0, 0.1) is 13.8 Å². The molecule has 0 atom stereocenters. The number of aromatic nitrogens is 2. The average Bonchev–Trinajstić information content (AvgIpc) is 3.04. The Kier molecular flexibility index (Phi) is 3.80. The van der Waals surface area contributed by atoms with Gasteiger partial charge in [-0.1, -0.05) is 12.1 Å². The van der Waals surface area contributed by atoms with Crippen LogP contribution in [0.25, 0.3) is 11.5 Å². The summed E-state index contributed by atoms with van der Waals surface area (Å²) in [5.41, 5.74) is 2.48. The Labute approximate surface area is 132 Å². The van der Waals surface area contributed by atoms with E-state index in [-0.39, 0.29) is 5.69 Å². The Bertz CT molecular complexity index is 911. The highest BCUT2D eigenvalue weighted by Crippen LogP contribution is 2.19. The summed E-state index contributed by atoms with van der Waals surface area (Å²) >= 11 is 0. The number of benzene rings is 1. The predicted octanol–water partition coefficient (Wildman–Crippen LogP) is 2.90. The maximum absolute atomic E-state index is 12.4. The Balaban J connectivity index is 1.94. The molecule has 3 aromatic rings. The van der Waals surface area contributed by atoms with Crippen LogP contribution >= 0.6 is 0 Å². The average molecular weight is 309 g/mol. The van der Waals surface area contributed by atoms with Crippen LogP contribution in [0.3, 0.4) is 0 Å². The molecule has 0 aliphatic rings. The van der Waals surface area contributed by atoms with Crippen molar-refractivity contribution in [1.82, 2.24) is 9.97 Å². The normalized spacial score (nSPS) is 10.5. The summed E-state index contributed by atoms with van der Waals surface area (Å²) in [7, 11) is 0. The van der Waals surface area contributed by atoms with E-state index >= 15 is 0 Å². The molecule has 116 valence electrons. The first kappa shape index (κ1) is 14.8. The van der Waals surface area contributed by atoms with E-state index < -0.39 is 11.6 Å². The maximum Gasteiger partial charge on any atom is 0.346 e. The lowest BCUT2D eigenvalue weighted by molar-refractivity contribution is 0.102. The first-order chi connectivity index (χ1) is 11.0. The first-order valence-corrected chi connectivity index (χ1v) is 7.07. The number of carbonyl (C=O) groups excluding carboxylic acids is 1. The van der Waals surface area contributed by atoms with Crippen molar-refractivity contribution in [3.8, 4) is 11.5 Å². The van der Waals surface area contributed by atoms with Gasteiger partial charge in [0.2, 0.25) is 0 Å². The standard InChI is InChI=1S/C17H15N3O3/c1-10-5-6-11(2)12(8-10)18-16(21)14-9-13(19-17(22)20-14)15-4-3-7-23-15/h3-9H,1-2H3,(H,18,21)(H,19,20,22). The highest BCUT2D eigenvalue weighted by atomic mass is 16.3. The lowest BCUT2D eigenvalue weighted by Gasteiger charge is -2.09. The molecule has 0 aliphatic carbocycles. The molecule has 1 aromatic carbocycles. The molecule has 0 spiro atoms. The molecule has 2 N–H and O–H groups in total. The van der Waals surface area contributed by atoms with Crippen LogP contribution in [0.4, 0.5) is 5.69 Å². The minimum Gasteiger partial charge on any atom is -0.463 e. The van der Waals surface area contributed by atoms with Crippen molar-refractivity contribution in [1.29, 1.82) is 0 Å². The molecular formula is C17H15N3O3. The number of aryl methyl sites for hydroxylation is 2. The molecule has 23 heavy (non-hydrogen) atoms. The fourth-order valence-electron chi connectivity index (χ4n) is 2.20. The zero-order valence-corrected chi connectivity index (χ0v) is 12.7. The number of amides is 1. The minimum absolute atomic E-state index is 0.0288. The van der Waals surface area contributed by atoms with E-state index in [0.29, 0.717) is 17.1 Å². The third kappa shape index (κ3) is 3.21. The number of furan rings is 1. The molecular weight excluding hydrogens is 294 g/mol. The zero-order valence-electron chi connectivity index (χ0n) is 12.7. The molecule has 0 saturated heterocycles. The Hall–Kier alpha value is -3.15. The largest absolute Gasteiger partial charge is 0.463 e. The van der Waals surface area contributed by atoms with Gasteiger partial charge in [-0.2, -0.15) is 4.98 Å². The van der Waals surface area contributed by atoms with Crippen LogP contribution in [0.1, 0.15) is 21.6 Å². The number of nitrogens with zero attached hydrogens (tertiary/aromatic N) is 1. The second kappa shape index (κ2) is 5.92. The fraction of sp³-hybridized carbons (Fsp3) is 0.118. The highest BCUT2D eigenvalue weighted by molar-refractivity contribution is 6.03. The number of hydrogen-bond acceptors (Lipinski definition) is 4. The van der Waals surface area contributed by atoms with Gasteiger partial charge in [0.05, 0.1) is 12.0 Å². The molecule has 3 rings (SSSR count). The van der Waals surface area contributed by atoms with Gasteiger partial charge in [-0.25, -0.2) is 4.79 Å². The van der Waals surface area contributed by atoms with Crippen molar-refractivity contribution >= 4 is 11.6 Å². The fourth-order valence-corrected chi connectivity index (χ4v) is 2.20. The summed E-state index contributed by atoms with van der Waals surface area (Å²) in [4.78, 5) is 30.4. The van der Waals surface area contributed by atoms with Crippen LogP contribution in [0.5, 0.6) is 0 Å². The molecule has 0 radical (unpaired) electrons. The lowest BCUT2D eigenvalue weighted by Crippen LogP contribution is -2.21. The van der Waals surface area contributed by atoms with Crippen molar-refractivity contribution < 1.29 is 9.21 Å². The van der Waals surface area contributed by atoms with Crippen molar-refractivity contribution in [3.05, 3.63) is 70.0 Å². The molecule has 1 amide bonds. The molecule has 6 nitrogen and oxygen atoms in total. The third-order valence-electron chi connectivity index (χ3n) is 3.41. The number of rotatable bonds is 3. The molecule has 2 aromatic heterocycles. The van der Waals surface area contributed by atoms with Crippen molar-refractivity contribution in [2.45, 2.75) is 13.8 Å². The summed E-state index contributed by atoms with van der Waals surface area (Å²) in [6.45, 7) is 3.84. The molecule has 0 saturated carbocycles. The minimum atomic E-state index is -0.606. The van der Waals surface area contributed by atoms with Crippen molar-refractivity contribution in [2.24, 2.45) is 0 Å². The van der Waals surface area contributed by atoms with Crippen LogP contribution < -0.4 is 11.0 Å². The van der Waals surface area contributed by atoms with E-state index in [2.05, 4.69) is 15.3 Å². The zero-order chi connectivity index (χ0) is 16.4. The van der Waals surface area contributed by atoms with Crippen LogP contribution in [0.2, 0.25) is 0 Å². The molecule has 0 aliphatic heterocycles. The lowest BCUT2D eigenvalue weighted by atomic mass is 10.1. The van der Waals surface area contributed by atoms with E-state index in [4.69, 9.17) is 4.42 Å².